The fourth-order valence-corrected chi connectivity index (χ4v) is 3.45. The third kappa shape index (κ3) is 5.47. The van der Waals surface area contributed by atoms with Crippen LogP contribution in [0.15, 0.2) is 53.9 Å². The van der Waals surface area contributed by atoms with Crippen molar-refractivity contribution in [2.45, 2.75) is 26.2 Å². The zero-order chi connectivity index (χ0) is 19.9. The number of anilines is 2. The third-order valence-electron chi connectivity index (χ3n) is 3.87. The Hall–Kier alpha value is -3.06. The highest BCUT2D eigenvalue weighted by molar-refractivity contribution is 7.13. The van der Waals surface area contributed by atoms with E-state index in [1.165, 1.54) is 23.5 Å². The third-order valence-corrected chi connectivity index (χ3v) is 4.81. The number of aromatic nitrogens is 1. The molecule has 144 valence electrons. The van der Waals surface area contributed by atoms with Crippen LogP contribution in [0.5, 0.6) is 0 Å². The molecule has 0 aliphatic heterocycles. The van der Waals surface area contributed by atoms with E-state index in [9.17, 15) is 14.0 Å². The van der Waals surface area contributed by atoms with Gasteiger partial charge in [0, 0.05) is 28.7 Å². The lowest BCUT2D eigenvalue weighted by molar-refractivity contribution is -0.116. The van der Waals surface area contributed by atoms with Gasteiger partial charge in [-0.15, -0.1) is 11.3 Å². The zero-order valence-corrected chi connectivity index (χ0v) is 16.2. The average Bonchev–Trinajstić information content (AvgIpc) is 3.10. The monoisotopic (exact) mass is 397 g/mol. The largest absolute Gasteiger partial charge is 0.326 e. The van der Waals surface area contributed by atoms with Crippen LogP contribution in [0.3, 0.4) is 0 Å². The van der Waals surface area contributed by atoms with E-state index >= 15 is 0 Å². The molecule has 3 aromatic rings. The standard InChI is InChI=1S/C21H20FN3O2S/c1-2-5-19(26)23-16-8-4-9-17(11-16)24-20(27)12-18-13-28-21(25-18)14-6-3-7-15(22)10-14/h3-4,6-11,13H,2,5,12H2,1H3,(H,23,26)(H,24,27). The SMILES string of the molecule is CCCC(=O)Nc1cccc(NC(=O)Cc2csc(-c3cccc(F)c3)n2)c1. The molecule has 0 atom stereocenters. The first-order valence-electron chi connectivity index (χ1n) is 8.93. The summed E-state index contributed by atoms with van der Waals surface area (Å²) in [5.74, 6) is -0.593. The number of hydrogen-bond donors (Lipinski definition) is 2. The van der Waals surface area contributed by atoms with Crippen LogP contribution in [0.4, 0.5) is 15.8 Å². The fourth-order valence-electron chi connectivity index (χ4n) is 2.64. The molecule has 0 fully saturated rings. The number of nitrogens with one attached hydrogen (secondary N) is 2. The van der Waals surface area contributed by atoms with Crippen LogP contribution in [0.1, 0.15) is 25.5 Å². The Morgan fingerprint density at radius 2 is 1.75 bits per heavy atom. The molecule has 1 aromatic heterocycles. The van der Waals surface area contributed by atoms with Gasteiger partial charge in [0.25, 0.3) is 0 Å². The summed E-state index contributed by atoms with van der Waals surface area (Å²) in [6.45, 7) is 1.94. The first-order chi connectivity index (χ1) is 13.5. The van der Waals surface area contributed by atoms with E-state index in [-0.39, 0.29) is 24.1 Å². The number of thiazole rings is 1. The number of rotatable bonds is 7. The van der Waals surface area contributed by atoms with Gasteiger partial charge in [-0.2, -0.15) is 0 Å². The molecule has 0 radical (unpaired) electrons. The Morgan fingerprint density at radius 3 is 2.46 bits per heavy atom. The predicted molar refractivity (Wildman–Crippen MR) is 110 cm³/mol. The van der Waals surface area contributed by atoms with Crippen LogP contribution in [0.25, 0.3) is 10.6 Å². The number of amides is 2. The maximum absolute atomic E-state index is 13.4. The Labute approximate surface area is 166 Å². The number of carbonyl (C=O) groups is 2. The molecule has 2 N–H and O–H groups in total. The molecular formula is C21H20FN3O2S. The highest BCUT2D eigenvalue weighted by Gasteiger charge is 2.10. The average molecular weight is 397 g/mol. The van der Waals surface area contributed by atoms with Gasteiger partial charge in [-0.1, -0.05) is 25.1 Å². The normalized spacial score (nSPS) is 10.5. The summed E-state index contributed by atoms with van der Waals surface area (Å²) in [7, 11) is 0. The molecule has 0 saturated heterocycles. The lowest BCUT2D eigenvalue weighted by Gasteiger charge is -2.08. The van der Waals surface area contributed by atoms with Gasteiger partial charge < -0.3 is 10.6 Å². The first-order valence-corrected chi connectivity index (χ1v) is 9.81. The highest BCUT2D eigenvalue weighted by Crippen LogP contribution is 2.24. The molecule has 0 spiro atoms. The van der Waals surface area contributed by atoms with E-state index < -0.39 is 0 Å². The zero-order valence-electron chi connectivity index (χ0n) is 15.4. The summed E-state index contributed by atoms with van der Waals surface area (Å²) in [6.07, 6.45) is 1.33. The fraction of sp³-hybridized carbons (Fsp3) is 0.190. The summed E-state index contributed by atoms with van der Waals surface area (Å²) >= 11 is 1.37. The van der Waals surface area contributed by atoms with Crippen molar-refractivity contribution in [3.8, 4) is 10.6 Å². The predicted octanol–water partition coefficient (Wildman–Crippen LogP) is 4.87. The van der Waals surface area contributed by atoms with Crippen LogP contribution in [0, 0.1) is 5.82 Å². The van der Waals surface area contributed by atoms with Gasteiger partial charge >= 0.3 is 0 Å². The molecule has 0 unspecified atom stereocenters. The molecule has 3 rings (SSSR count). The first kappa shape index (κ1) is 19.7. The van der Waals surface area contributed by atoms with Crippen molar-refractivity contribution in [3.05, 3.63) is 65.4 Å². The quantitative estimate of drug-likeness (QED) is 0.598. The lowest BCUT2D eigenvalue weighted by atomic mass is 10.2. The van der Waals surface area contributed by atoms with E-state index in [2.05, 4.69) is 15.6 Å². The van der Waals surface area contributed by atoms with E-state index in [1.54, 1.807) is 41.8 Å². The minimum absolute atomic E-state index is 0.0571. The highest BCUT2D eigenvalue weighted by atomic mass is 32.1. The van der Waals surface area contributed by atoms with Crippen LogP contribution in [0.2, 0.25) is 0 Å². The molecule has 7 heteroatoms. The van der Waals surface area contributed by atoms with E-state index in [4.69, 9.17) is 0 Å². The molecular weight excluding hydrogens is 377 g/mol. The minimum atomic E-state index is -0.321. The van der Waals surface area contributed by atoms with Crippen molar-refractivity contribution >= 4 is 34.5 Å². The van der Waals surface area contributed by atoms with Gasteiger partial charge in [-0.25, -0.2) is 9.37 Å². The number of carbonyl (C=O) groups excluding carboxylic acids is 2. The van der Waals surface area contributed by atoms with Gasteiger partial charge in [0.2, 0.25) is 11.8 Å². The number of halogens is 1. The Bertz CT molecular complexity index is 987. The second-order valence-electron chi connectivity index (χ2n) is 6.26. The van der Waals surface area contributed by atoms with E-state index in [1.807, 2.05) is 6.92 Å². The van der Waals surface area contributed by atoms with E-state index in [0.717, 1.165) is 6.42 Å². The van der Waals surface area contributed by atoms with Crippen LogP contribution < -0.4 is 10.6 Å². The van der Waals surface area contributed by atoms with E-state index in [0.29, 0.717) is 34.1 Å². The van der Waals surface area contributed by atoms with Gasteiger partial charge in [-0.05, 0) is 36.8 Å². The molecule has 0 aliphatic rings. The van der Waals surface area contributed by atoms with Gasteiger partial charge in [0.05, 0.1) is 12.1 Å². The molecule has 28 heavy (non-hydrogen) atoms. The maximum Gasteiger partial charge on any atom is 0.230 e. The molecule has 5 nitrogen and oxygen atoms in total. The van der Waals surface area contributed by atoms with Gasteiger partial charge in [-0.3, -0.25) is 9.59 Å². The van der Waals surface area contributed by atoms with Crippen molar-refractivity contribution in [2.75, 3.05) is 10.6 Å². The summed E-state index contributed by atoms with van der Waals surface area (Å²) in [5.41, 5.74) is 2.54. The summed E-state index contributed by atoms with van der Waals surface area (Å²) in [6, 6.07) is 13.2. The van der Waals surface area contributed by atoms with Crippen molar-refractivity contribution in [1.29, 1.82) is 0 Å². The smallest absolute Gasteiger partial charge is 0.230 e. The Kier molecular flexibility index (Phi) is 6.49. The number of hydrogen-bond acceptors (Lipinski definition) is 4. The topological polar surface area (TPSA) is 71.1 Å². The minimum Gasteiger partial charge on any atom is -0.326 e. The molecule has 1 heterocycles. The van der Waals surface area contributed by atoms with Crippen LogP contribution in [-0.2, 0) is 16.0 Å². The van der Waals surface area contributed by atoms with Crippen molar-refractivity contribution in [3.63, 3.8) is 0 Å². The number of benzene rings is 2. The summed E-state index contributed by atoms with van der Waals surface area (Å²) < 4.78 is 13.4. The van der Waals surface area contributed by atoms with Crippen LogP contribution in [-0.4, -0.2) is 16.8 Å². The van der Waals surface area contributed by atoms with Gasteiger partial charge in [0.1, 0.15) is 10.8 Å². The molecule has 2 amide bonds. The Balaban J connectivity index is 1.61. The van der Waals surface area contributed by atoms with Gasteiger partial charge in [0.15, 0.2) is 0 Å². The van der Waals surface area contributed by atoms with Crippen molar-refractivity contribution in [2.24, 2.45) is 0 Å². The lowest BCUT2D eigenvalue weighted by Crippen LogP contribution is -2.15. The second-order valence-corrected chi connectivity index (χ2v) is 7.12. The Morgan fingerprint density at radius 1 is 1.04 bits per heavy atom. The molecule has 0 saturated carbocycles. The van der Waals surface area contributed by atoms with Crippen LogP contribution >= 0.6 is 11.3 Å². The molecule has 0 aliphatic carbocycles. The molecule has 2 aromatic carbocycles. The summed E-state index contributed by atoms with van der Waals surface area (Å²) in [4.78, 5) is 28.4. The molecule has 0 bridgehead atoms. The number of nitrogens with zero attached hydrogens (tertiary/aromatic N) is 1. The summed E-state index contributed by atoms with van der Waals surface area (Å²) in [5, 5.41) is 8.07. The van der Waals surface area contributed by atoms with Crippen molar-refractivity contribution in [1.82, 2.24) is 4.98 Å². The maximum atomic E-state index is 13.4. The van der Waals surface area contributed by atoms with Crippen molar-refractivity contribution < 1.29 is 14.0 Å². The second kappa shape index (κ2) is 9.23.